The molecule has 0 saturated heterocycles. The van der Waals surface area contributed by atoms with Crippen LogP contribution in [0.4, 0.5) is 0 Å². The van der Waals surface area contributed by atoms with E-state index in [2.05, 4.69) is 17.0 Å². The summed E-state index contributed by atoms with van der Waals surface area (Å²) < 4.78 is 3.91. The molecule has 0 bridgehead atoms. The van der Waals surface area contributed by atoms with Gasteiger partial charge in [-0.05, 0) is 6.08 Å². The standard InChI is InChI=1S/C5H8O6.C3H5NO/c6-2-11-5(10)3(7)1-4(8)9;1-2-3(4)5/h3,6-7H,1-2H2,(H,8,9);2H,1H2,(H2,4,5). The van der Waals surface area contributed by atoms with E-state index in [9.17, 15) is 14.4 Å². The van der Waals surface area contributed by atoms with Crippen molar-refractivity contribution in [3.05, 3.63) is 12.7 Å². The van der Waals surface area contributed by atoms with Crippen LogP contribution in [0.25, 0.3) is 0 Å². The van der Waals surface area contributed by atoms with Crippen LogP contribution in [0.3, 0.4) is 0 Å². The molecule has 0 fully saturated rings. The molecule has 0 aliphatic carbocycles. The summed E-state index contributed by atoms with van der Waals surface area (Å²) in [6, 6.07) is 0. The third kappa shape index (κ3) is 12.1. The molecule has 0 aromatic rings. The van der Waals surface area contributed by atoms with Gasteiger partial charge in [-0.1, -0.05) is 6.58 Å². The second-order valence-electron chi connectivity index (χ2n) is 2.31. The van der Waals surface area contributed by atoms with Gasteiger partial charge in [-0.25, -0.2) is 4.79 Å². The molecule has 92 valence electrons. The Kier molecular flexibility index (Phi) is 9.92. The summed E-state index contributed by atoms with van der Waals surface area (Å²) in [6.45, 7) is 2.22. The lowest BCUT2D eigenvalue weighted by molar-refractivity contribution is -0.165. The molecule has 0 saturated carbocycles. The van der Waals surface area contributed by atoms with Crippen molar-refractivity contribution in [2.75, 3.05) is 6.79 Å². The van der Waals surface area contributed by atoms with Gasteiger partial charge in [0.05, 0.1) is 6.42 Å². The van der Waals surface area contributed by atoms with E-state index in [1.807, 2.05) is 0 Å². The minimum Gasteiger partial charge on any atom is -0.481 e. The topological polar surface area (TPSA) is 147 Å². The number of ether oxygens (including phenoxy) is 1. The first-order chi connectivity index (χ1) is 7.34. The third-order valence-corrected chi connectivity index (χ3v) is 1.05. The Morgan fingerprint density at radius 3 is 2.12 bits per heavy atom. The fourth-order valence-corrected chi connectivity index (χ4v) is 0.409. The zero-order chi connectivity index (χ0) is 13.1. The van der Waals surface area contributed by atoms with Gasteiger partial charge in [0, 0.05) is 0 Å². The lowest BCUT2D eigenvalue weighted by Gasteiger charge is -2.04. The summed E-state index contributed by atoms with van der Waals surface area (Å²) in [5.41, 5.74) is 4.53. The van der Waals surface area contributed by atoms with Gasteiger partial charge in [0.2, 0.25) is 5.91 Å². The lowest BCUT2D eigenvalue weighted by Crippen LogP contribution is -2.26. The quantitative estimate of drug-likeness (QED) is 0.244. The van der Waals surface area contributed by atoms with Gasteiger partial charge in [0.1, 0.15) is 0 Å². The highest BCUT2D eigenvalue weighted by Crippen LogP contribution is 1.94. The van der Waals surface area contributed by atoms with Crippen molar-refractivity contribution in [2.24, 2.45) is 5.73 Å². The summed E-state index contributed by atoms with van der Waals surface area (Å²) in [6.07, 6.45) is -1.38. The molecule has 0 aromatic carbocycles. The molecule has 0 rings (SSSR count). The predicted molar refractivity (Wildman–Crippen MR) is 50.8 cm³/mol. The van der Waals surface area contributed by atoms with Crippen molar-refractivity contribution in [1.82, 2.24) is 0 Å². The number of hydrogen-bond acceptors (Lipinski definition) is 6. The molecule has 1 atom stereocenters. The molecule has 1 unspecified atom stereocenters. The van der Waals surface area contributed by atoms with Crippen LogP contribution in [0.1, 0.15) is 6.42 Å². The fourth-order valence-electron chi connectivity index (χ4n) is 0.409. The summed E-state index contributed by atoms with van der Waals surface area (Å²) in [4.78, 5) is 29.7. The Labute approximate surface area is 90.9 Å². The molecule has 0 radical (unpaired) electrons. The third-order valence-electron chi connectivity index (χ3n) is 1.05. The summed E-state index contributed by atoms with van der Waals surface area (Å²) >= 11 is 0. The lowest BCUT2D eigenvalue weighted by atomic mass is 10.2. The number of esters is 1. The van der Waals surface area contributed by atoms with E-state index in [4.69, 9.17) is 15.3 Å². The van der Waals surface area contributed by atoms with Crippen molar-refractivity contribution in [3.8, 4) is 0 Å². The molecule has 8 heteroatoms. The van der Waals surface area contributed by atoms with Gasteiger partial charge < -0.3 is 25.8 Å². The Hall–Kier alpha value is -1.93. The minimum absolute atomic E-state index is 0.481. The number of carboxylic acids is 1. The SMILES string of the molecule is C=CC(N)=O.O=C(O)CC(O)C(=O)OCO. The average molecular weight is 235 g/mol. The molecule has 8 nitrogen and oxygen atoms in total. The zero-order valence-corrected chi connectivity index (χ0v) is 8.33. The highest BCUT2D eigenvalue weighted by molar-refractivity contribution is 5.85. The van der Waals surface area contributed by atoms with Crippen LogP contribution in [0.2, 0.25) is 0 Å². The Morgan fingerprint density at radius 2 is 1.88 bits per heavy atom. The van der Waals surface area contributed by atoms with Crippen LogP contribution < -0.4 is 5.73 Å². The van der Waals surface area contributed by atoms with E-state index in [-0.39, 0.29) is 0 Å². The minimum atomic E-state index is -1.71. The second kappa shape index (κ2) is 9.62. The van der Waals surface area contributed by atoms with Crippen molar-refractivity contribution in [3.63, 3.8) is 0 Å². The van der Waals surface area contributed by atoms with Crippen molar-refractivity contribution >= 4 is 17.8 Å². The first-order valence-corrected chi connectivity index (χ1v) is 3.94. The highest BCUT2D eigenvalue weighted by atomic mass is 16.6. The Bertz CT molecular complexity index is 263. The number of rotatable bonds is 5. The summed E-state index contributed by atoms with van der Waals surface area (Å²) in [5, 5.41) is 24.7. The number of hydrogen-bond donors (Lipinski definition) is 4. The number of carboxylic acid groups (broad SMARTS) is 1. The summed E-state index contributed by atoms with van der Waals surface area (Å²) in [5.74, 6) is -2.94. The van der Waals surface area contributed by atoms with Crippen LogP contribution >= 0.6 is 0 Å². The van der Waals surface area contributed by atoms with E-state index in [0.29, 0.717) is 0 Å². The number of aliphatic hydroxyl groups is 2. The van der Waals surface area contributed by atoms with E-state index in [1.165, 1.54) is 0 Å². The number of aliphatic carboxylic acids is 1. The van der Waals surface area contributed by atoms with Crippen LogP contribution in [-0.2, 0) is 19.1 Å². The maximum absolute atomic E-state index is 10.4. The number of aliphatic hydroxyl groups excluding tert-OH is 2. The van der Waals surface area contributed by atoms with Crippen molar-refractivity contribution in [2.45, 2.75) is 12.5 Å². The average Bonchev–Trinajstić information content (AvgIpc) is 2.18. The van der Waals surface area contributed by atoms with Gasteiger partial charge in [-0.3, -0.25) is 9.59 Å². The molecule has 1 amide bonds. The predicted octanol–water partition coefficient (Wildman–Crippen LogP) is -2.03. The van der Waals surface area contributed by atoms with Crippen LogP contribution in [0.15, 0.2) is 12.7 Å². The number of amides is 1. The molecule has 16 heavy (non-hydrogen) atoms. The van der Waals surface area contributed by atoms with Crippen molar-refractivity contribution in [1.29, 1.82) is 0 Å². The molecule has 0 heterocycles. The fraction of sp³-hybridized carbons (Fsp3) is 0.375. The van der Waals surface area contributed by atoms with Crippen molar-refractivity contribution < 1.29 is 34.4 Å². The first kappa shape index (κ1) is 16.5. The largest absolute Gasteiger partial charge is 0.481 e. The molecular weight excluding hydrogens is 222 g/mol. The second-order valence-corrected chi connectivity index (χ2v) is 2.31. The zero-order valence-electron chi connectivity index (χ0n) is 8.33. The molecular formula is C8H13NO7. The molecule has 0 aliphatic heterocycles. The van der Waals surface area contributed by atoms with Gasteiger partial charge in [-0.2, -0.15) is 0 Å². The molecule has 0 aliphatic rings. The van der Waals surface area contributed by atoms with Gasteiger partial charge in [-0.15, -0.1) is 0 Å². The number of nitrogens with two attached hydrogens (primary N) is 1. The number of primary amides is 1. The van der Waals surface area contributed by atoms with Crippen LogP contribution in [0, 0.1) is 0 Å². The monoisotopic (exact) mass is 235 g/mol. The Balaban J connectivity index is 0. The number of carbonyl (C=O) groups is 3. The smallest absolute Gasteiger partial charge is 0.337 e. The maximum atomic E-state index is 10.4. The van der Waals surface area contributed by atoms with Gasteiger partial charge in [0.25, 0.3) is 0 Å². The molecule has 0 spiro atoms. The van der Waals surface area contributed by atoms with E-state index < -0.39 is 37.2 Å². The van der Waals surface area contributed by atoms with E-state index in [1.54, 1.807) is 0 Å². The first-order valence-electron chi connectivity index (χ1n) is 3.94. The maximum Gasteiger partial charge on any atom is 0.337 e. The van der Waals surface area contributed by atoms with Gasteiger partial charge >= 0.3 is 11.9 Å². The molecule has 0 aromatic heterocycles. The van der Waals surface area contributed by atoms with Crippen LogP contribution in [0.5, 0.6) is 0 Å². The molecule has 5 N–H and O–H groups in total. The Morgan fingerprint density at radius 1 is 1.44 bits per heavy atom. The number of carbonyl (C=O) groups excluding carboxylic acids is 2. The van der Waals surface area contributed by atoms with Gasteiger partial charge in [0.15, 0.2) is 12.9 Å². The van der Waals surface area contributed by atoms with E-state index >= 15 is 0 Å². The van der Waals surface area contributed by atoms with E-state index in [0.717, 1.165) is 6.08 Å². The van der Waals surface area contributed by atoms with Crippen LogP contribution in [-0.4, -0.2) is 46.1 Å². The highest BCUT2D eigenvalue weighted by Gasteiger charge is 2.19. The normalized spacial score (nSPS) is 10.4. The summed E-state index contributed by atoms with van der Waals surface area (Å²) in [7, 11) is 0.